The third kappa shape index (κ3) is 3.98. The Morgan fingerprint density at radius 1 is 1.19 bits per heavy atom. The number of nitrogens with zero attached hydrogens (tertiary/aromatic N) is 3. The molecule has 138 valence electrons. The van der Waals surface area contributed by atoms with E-state index in [1.165, 1.54) is 4.68 Å². The monoisotopic (exact) mass is 384 g/mol. The van der Waals surface area contributed by atoms with Crippen molar-refractivity contribution < 1.29 is 14.3 Å². The Morgan fingerprint density at radius 3 is 2.70 bits per heavy atom. The van der Waals surface area contributed by atoms with E-state index in [0.29, 0.717) is 27.7 Å². The zero-order valence-corrected chi connectivity index (χ0v) is 15.5. The van der Waals surface area contributed by atoms with Crippen LogP contribution in [0, 0.1) is 6.92 Å². The highest BCUT2D eigenvalue weighted by Gasteiger charge is 2.19. The van der Waals surface area contributed by atoms with Crippen LogP contribution in [0.15, 0.2) is 48.5 Å². The minimum Gasteiger partial charge on any atom is -0.462 e. The molecule has 7 nitrogen and oxygen atoms in total. The SMILES string of the molecule is CCOC(=O)c1cccc(NC(=O)c2nnn(-c3ccccc3Cl)c2C)c1. The highest BCUT2D eigenvalue weighted by Crippen LogP contribution is 2.21. The second-order valence-electron chi connectivity index (χ2n) is 5.64. The molecule has 1 amide bonds. The smallest absolute Gasteiger partial charge is 0.338 e. The van der Waals surface area contributed by atoms with Gasteiger partial charge in [-0.15, -0.1) is 5.10 Å². The normalized spacial score (nSPS) is 10.5. The number of aromatic nitrogens is 3. The van der Waals surface area contributed by atoms with Crippen LogP contribution < -0.4 is 5.32 Å². The molecule has 1 heterocycles. The molecule has 0 atom stereocenters. The zero-order valence-electron chi connectivity index (χ0n) is 14.8. The van der Waals surface area contributed by atoms with E-state index in [1.807, 2.05) is 12.1 Å². The van der Waals surface area contributed by atoms with E-state index < -0.39 is 11.9 Å². The van der Waals surface area contributed by atoms with Gasteiger partial charge in [0.15, 0.2) is 5.69 Å². The summed E-state index contributed by atoms with van der Waals surface area (Å²) in [5.74, 6) is -0.888. The number of esters is 1. The van der Waals surface area contributed by atoms with Crippen LogP contribution in [0.2, 0.25) is 5.02 Å². The Hall–Kier alpha value is -3.19. The molecule has 0 spiro atoms. The Kier molecular flexibility index (Phi) is 5.52. The van der Waals surface area contributed by atoms with Crippen molar-refractivity contribution in [3.8, 4) is 5.69 Å². The highest BCUT2D eigenvalue weighted by atomic mass is 35.5. The first-order valence-corrected chi connectivity index (χ1v) is 8.64. The van der Waals surface area contributed by atoms with Crippen LogP contribution in [0.1, 0.15) is 33.5 Å². The summed E-state index contributed by atoms with van der Waals surface area (Å²) in [5, 5.41) is 11.2. The van der Waals surface area contributed by atoms with Crippen LogP contribution in [0.5, 0.6) is 0 Å². The van der Waals surface area contributed by atoms with Gasteiger partial charge < -0.3 is 10.1 Å². The van der Waals surface area contributed by atoms with Crippen LogP contribution in [0.3, 0.4) is 0 Å². The van der Waals surface area contributed by atoms with E-state index in [1.54, 1.807) is 50.2 Å². The molecule has 3 rings (SSSR count). The molecule has 0 saturated heterocycles. The largest absolute Gasteiger partial charge is 0.462 e. The van der Waals surface area contributed by atoms with Crippen LogP contribution in [-0.4, -0.2) is 33.5 Å². The minimum absolute atomic E-state index is 0.163. The summed E-state index contributed by atoms with van der Waals surface area (Å²) in [7, 11) is 0. The van der Waals surface area contributed by atoms with Gasteiger partial charge in [0.2, 0.25) is 0 Å². The second-order valence-corrected chi connectivity index (χ2v) is 6.05. The molecule has 27 heavy (non-hydrogen) atoms. The number of anilines is 1. The van der Waals surface area contributed by atoms with Gasteiger partial charge in [-0.3, -0.25) is 4.79 Å². The molecule has 0 unspecified atom stereocenters. The van der Waals surface area contributed by atoms with Crippen LogP contribution in [0.4, 0.5) is 5.69 Å². The Balaban J connectivity index is 1.83. The lowest BCUT2D eigenvalue weighted by Crippen LogP contribution is -2.15. The summed E-state index contributed by atoms with van der Waals surface area (Å²) in [6.45, 7) is 3.74. The average Bonchev–Trinajstić information content (AvgIpc) is 3.04. The van der Waals surface area contributed by atoms with Crippen molar-refractivity contribution in [2.24, 2.45) is 0 Å². The van der Waals surface area contributed by atoms with Gasteiger partial charge in [0, 0.05) is 5.69 Å². The first kappa shape index (κ1) is 18.6. The molecule has 2 aromatic carbocycles. The molecule has 0 fully saturated rings. The lowest BCUT2D eigenvalue weighted by atomic mass is 10.2. The fourth-order valence-electron chi connectivity index (χ4n) is 2.52. The van der Waals surface area contributed by atoms with Gasteiger partial charge in [-0.1, -0.05) is 35.0 Å². The van der Waals surface area contributed by atoms with Gasteiger partial charge in [-0.25, -0.2) is 9.48 Å². The number of halogens is 1. The predicted molar refractivity (Wildman–Crippen MR) is 101 cm³/mol. The first-order valence-electron chi connectivity index (χ1n) is 8.27. The quantitative estimate of drug-likeness (QED) is 0.678. The molecule has 1 N–H and O–H groups in total. The molecular weight excluding hydrogens is 368 g/mol. The summed E-state index contributed by atoms with van der Waals surface area (Å²) >= 11 is 6.19. The third-order valence-electron chi connectivity index (χ3n) is 3.82. The van der Waals surface area contributed by atoms with Gasteiger partial charge in [-0.05, 0) is 44.2 Å². The number of hydrogen-bond donors (Lipinski definition) is 1. The fraction of sp³-hybridized carbons (Fsp3) is 0.158. The van der Waals surface area contributed by atoms with E-state index >= 15 is 0 Å². The Morgan fingerprint density at radius 2 is 1.96 bits per heavy atom. The van der Waals surface area contributed by atoms with E-state index in [4.69, 9.17) is 16.3 Å². The molecule has 0 saturated carbocycles. The summed E-state index contributed by atoms with van der Waals surface area (Å²) in [6, 6.07) is 13.7. The molecule has 8 heteroatoms. The molecule has 0 radical (unpaired) electrons. The summed E-state index contributed by atoms with van der Waals surface area (Å²) in [4.78, 5) is 24.4. The third-order valence-corrected chi connectivity index (χ3v) is 4.14. The molecule has 0 aliphatic heterocycles. The number of rotatable bonds is 5. The van der Waals surface area contributed by atoms with Gasteiger partial charge in [0.05, 0.1) is 28.6 Å². The van der Waals surface area contributed by atoms with E-state index in [-0.39, 0.29) is 12.3 Å². The van der Waals surface area contributed by atoms with Crippen molar-refractivity contribution in [3.63, 3.8) is 0 Å². The Labute approximate surface area is 160 Å². The topological polar surface area (TPSA) is 86.1 Å². The lowest BCUT2D eigenvalue weighted by Gasteiger charge is -2.07. The second kappa shape index (κ2) is 8.01. The van der Waals surface area contributed by atoms with E-state index in [2.05, 4.69) is 15.6 Å². The molecule has 3 aromatic rings. The van der Waals surface area contributed by atoms with Crippen molar-refractivity contribution in [2.45, 2.75) is 13.8 Å². The van der Waals surface area contributed by atoms with E-state index in [0.717, 1.165) is 0 Å². The van der Waals surface area contributed by atoms with Crippen LogP contribution in [-0.2, 0) is 4.74 Å². The van der Waals surface area contributed by atoms with Crippen LogP contribution in [0.25, 0.3) is 5.69 Å². The van der Waals surface area contributed by atoms with E-state index in [9.17, 15) is 9.59 Å². The number of nitrogens with one attached hydrogen (secondary N) is 1. The summed E-state index contributed by atoms with van der Waals surface area (Å²) in [5.41, 5.74) is 2.15. The maximum atomic E-state index is 12.6. The lowest BCUT2D eigenvalue weighted by molar-refractivity contribution is 0.0526. The van der Waals surface area contributed by atoms with Gasteiger partial charge in [-0.2, -0.15) is 0 Å². The number of carbonyl (C=O) groups excluding carboxylic acids is 2. The molecular formula is C19H17ClN4O3. The number of carbonyl (C=O) groups is 2. The molecule has 0 bridgehead atoms. The van der Waals surface area contributed by atoms with Gasteiger partial charge in [0.1, 0.15) is 0 Å². The van der Waals surface area contributed by atoms with Gasteiger partial charge >= 0.3 is 5.97 Å². The number of para-hydroxylation sites is 1. The molecule has 1 aromatic heterocycles. The molecule has 0 aliphatic carbocycles. The van der Waals surface area contributed by atoms with Crippen molar-refractivity contribution >= 4 is 29.2 Å². The standard InChI is InChI=1S/C19H17ClN4O3/c1-3-27-19(26)13-7-6-8-14(11-13)21-18(25)17-12(2)24(23-22-17)16-10-5-4-9-15(16)20/h4-11H,3H2,1-2H3,(H,21,25). The maximum absolute atomic E-state index is 12.6. The van der Waals surface area contributed by atoms with Crippen molar-refractivity contribution in [3.05, 3.63) is 70.5 Å². The van der Waals surface area contributed by atoms with Crippen LogP contribution >= 0.6 is 11.6 Å². The van der Waals surface area contributed by atoms with Crippen molar-refractivity contribution in [1.29, 1.82) is 0 Å². The highest BCUT2D eigenvalue weighted by molar-refractivity contribution is 6.32. The predicted octanol–water partition coefficient (Wildman–Crippen LogP) is 3.66. The fourth-order valence-corrected chi connectivity index (χ4v) is 2.74. The Bertz CT molecular complexity index is 1000. The van der Waals surface area contributed by atoms with Gasteiger partial charge in [0.25, 0.3) is 5.91 Å². The van der Waals surface area contributed by atoms with Crippen molar-refractivity contribution in [2.75, 3.05) is 11.9 Å². The van der Waals surface area contributed by atoms with Crippen molar-refractivity contribution in [1.82, 2.24) is 15.0 Å². The zero-order chi connectivity index (χ0) is 19.4. The first-order chi connectivity index (χ1) is 13.0. The molecule has 0 aliphatic rings. The average molecular weight is 385 g/mol. The number of hydrogen-bond acceptors (Lipinski definition) is 5. The number of ether oxygens (including phenoxy) is 1. The number of amides is 1. The maximum Gasteiger partial charge on any atom is 0.338 e. The summed E-state index contributed by atoms with van der Waals surface area (Å²) in [6.07, 6.45) is 0. The summed E-state index contributed by atoms with van der Waals surface area (Å²) < 4.78 is 6.47. The minimum atomic E-state index is -0.450. The number of benzene rings is 2.